The molecule has 1 aliphatic carbocycles. The van der Waals surface area contributed by atoms with E-state index >= 15 is 0 Å². The highest BCUT2D eigenvalue weighted by Crippen LogP contribution is 2.48. The van der Waals surface area contributed by atoms with E-state index in [0.29, 0.717) is 21.2 Å². The molecule has 1 saturated heterocycles. The summed E-state index contributed by atoms with van der Waals surface area (Å²) in [6, 6.07) is 14.6. The third-order valence-electron chi connectivity index (χ3n) is 7.40. The first kappa shape index (κ1) is 30.3. The number of carbonyl (C=O) groups excluding carboxylic acids is 2. The first-order valence-electron chi connectivity index (χ1n) is 13.2. The maximum absolute atomic E-state index is 14.2. The van der Waals surface area contributed by atoms with Crippen LogP contribution in [0.5, 0.6) is 0 Å². The molecule has 40 heavy (non-hydrogen) atoms. The number of nitrogens with zero attached hydrogens (tertiary/aromatic N) is 2. The standard InChI is InChI=1S/C29H33Cl2N3O5S/c1-29(2,3)40(37,38)17-23(18-7-8-18)34-26(19-9-11-21(30)12-10-19)27(20-5-4-6-22(31)15-20)39-24(28(34)36)16-25(35)33-14-13-32/h4-6,9-12,15,18,23-24,26-27H,7-8,14,16-17H2,1-3H3,(H,33,35)/t23-,24+,26-,27-/m1/s1. The Bertz CT molecular complexity index is 1400. The normalized spacial score (nSPS) is 22.4. The van der Waals surface area contributed by atoms with E-state index in [2.05, 4.69) is 5.32 Å². The van der Waals surface area contributed by atoms with Gasteiger partial charge in [-0.15, -0.1) is 0 Å². The first-order chi connectivity index (χ1) is 18.8. The third-order valence-corrected chi connectivity index (χ3v) is 10.5. The van der Waals surface area contributed by atoms with Gasteiger partial charge in [0.1, 0.15) is 18.8 Å². The van der Waals surface area contributed by atoms with Crippen LogP contribution in [-0.2, 0) is 24.2 Å². The Balaban J connectivity index is 1.86. The van der Waals surface area contributed by atoms with E-state index < -0.39 is 50.7 Å². The number of nitrogens with one attached hydrogen (secondary N) is 1. The van der Waals surface area contributed by atoms with Crippen LogP contribution in [0, 0.1) is 17.2 Å². The average molecular weight is 607 g/mol. The van der Waals surface area contributed by atoms with E-state index in [4.69, 9.17) is 33.2 Å². The summed E-state index contributed by atoms with van der Waals surface area (Å²) in [7, 11) is -3.62. The molecular formula is C29H33Cl2N3O5S. The molecule has 214 valence electrons. The molecule has 0 aromatic heterocycles. The average Bonchev–Trinajstić information content (AvgIpc) is 3.73. The minimum absolute atomic E-state index is 0.0120. The largest absolute Gasteiger partial charge is 0.357 e. The van der Waals surface area contributed by atoms with Gasteiger partial charge in [-0.05, 0) is 74.9 Å². The van der Waals surface area contributed by atoms with Crippen LogP contribution in [0.3, 0.4) is 0 Å². The van der Waals surface area contributed by atoms with Crippen molar-refractivity contribution >= 4 is 44.9 Å². The molecule has 4 atom stereocenters. The highest BCUT2D eigenvalue weighted by molar-refractivity contribution is 7.92. The second-order valence-electron chi connectivity index (χ2n) is 11.3. The topological polar surface area (TPSA) is 117 Å². The predicted octanol–water partition coefficient (Wildman–Crippen LogP) is 5.02. The summed E-state index contributed by atoms with van der Waals surface area (Å²) in [6.45, 7) is 4.76. The molecule has 1 heterocycles. The predicted molar refractivity (Wildman–Crippen MR) is 153 cm³/mol. The van der Waals surface area contributed by atoms with E-state index in [9.17, 15) is 18.0 Å². The molecule has 11 heteroatoms. The fourth-order valence-electron chi connectivity index (χ4n) is 4.98. The number of amides is 2. The van der Waals surface area contributed by atoms with E-state index in [1.807, 2.05) is 12.1 Å². The van der Waals surface area contributed by atoms with Gasteiger partial charge in [0.25, 0.3) is 5.91 Å². The number of carbonyl (C=O) groups is 2. The summed E-state index contributed by atoms with van der Waals surface area (Å²) in [6.07, 6.45) is -0.686. The maximum Gasteiger partial charge on any atom is 0.253 e. The molecule has 2 aliphatic rings. The van der Waals surface area contributed by atoms with Crippen molar-refractivity contribution in [3.8, 4) is 6.07 Å². The van der Waals surface area contributed by atoms with Gasteiger partial charge in [-0.25, -0.2) is 8.42 Å². The molecule has 8 nitrogen and oxygen atoms in total. The Morgan fingerprint density at radius 1 is 1.12 bits per heavy atom. The summed E-state index contributed by atoms with van der Waals surface area (Å²) in [5, 5.41) is 12.3. The smallest absolute Gasteiger partial charge is 0.253 e. The number of nitriles is 1. The Hall–Kier alpha value is -2.64. The maximum atomic E-state index is 14.2. The Kier molecular flexibility index (Phi) is 9.15. The molecular weight excluding hydrogens is 573 g/mol. The van der Waals surface area contributed by atoms with Gasteiger partial charge in [0, 0.05) is 16.1 Å². The minimum Gasteiger partial charge on any atom is -0.357 e. The van der Waals surface area contributed by atoms with Crippen molar-refractivity contribution in [1.82, 2.24) is 10.2 Å². The highest BCUT2D eigenvalue weighted by atomic mass is 35.5. The van der Waals surface area contributed by atoms with Crippen LogP contribution < -0.4 is 5.32 Å². The number of hydrogen-bond donors (Lipinski definition) is 1. The van der Waals surface area contributed by atoms with Crippen LogP contribution in [0.15, 0.2) is 48.5 Å². The molecule has 2 aromatic carbocycles. The van der Waals surface area contributed by atoms with Gasteiger partial charge in [-0.1, -0.05) is 47.5 Å². The number of hydrogen-bond acceptors (Lipinski definition) is 6. The molecule has 4 rings (SSSR count). The summed E-state index contributed by atoms with van der Waals surface area (Å²) < 4.78 is 32.4. The molecule has 1 aliphatic heterocycles. The lowest BCUT2D eigenvalue weighted by Gasteiger charge is -2.48. The van der Waals surface area contributed by atoms with Gasteiger partial charge in [0.05, 0.1) is 29.0 Å². The number of morpholine rings is 1. The van der Waals surface area contributed by atoms with Gasteiger partial charge in [0.15, 0.2) is 9.84 Å². The van der Waals surface area contributed by atoms with Gasteiger partial charge < -0.3 is 15.0 Å². The summed E-state index contributed by atoms with van der Waals surface area (Å²) in [5.41, 5.74) is 1.40. The van der Waals surface area contributed by atoms with Gasteiger partial charge in [-0.2, -0.15) is 5.26 Å². The Morgan fingerprint density at radius 2 is 1.80 bits per heavy atom. The lowest BCUT2D eigenvalue weighted by molar-refractivity contribution is -0.181. The summed E-state index contributed by atoms with van der Waals surface area (Å²) in [5.74, 6) is -1.21. The fraction of sp³-hybridized carbons (Fsp3) is 0.483. The van der Waals surface area contributed by atoms with Crippen LogP contribution in [0.25, 0.3) is 0 Å². The van der Waals surface area contributed by atoms with Crippen molar-refractivity contribution in [1.29, 1.82) is 5.26 Å². The highest BCUT2D eigenvalue weighted by Gasteiger charge is 2.52. The molecule has 0 bridgehead atoms. The van der Waals surface area contributed by atoms with E-state index in [1.165, 1.54) is 0 Å². The molecule has 0 radical (unpaired) electrons. The van der Waals surface area contributed by atoms with E-state index in [1.54, 1.807) is 68.1 Å². The second kappa shape index (κ2) is 12.1. The number of ether oxygens (including phenoxy) is 1. The zero-order chi connectivity index (χ0) is 29.2. The summed E-state index contributed by atoms with van der Waals surface area (Å²) in [4.78, 5) is 28.5. The fourth-order valence-corrected chi connectivity index (χ4v) is 6.69. The lowest BCUT2D eigenvalue weighted by Crippen LogP contribution is -2.58. The van der Waals surface area contributed by atoms with Crippen LogP contribution in [0.1, 0.15) is 63.3 Å². The molecule has 1 saturated carbocycles. The lowest BCUT2D eigenvalue weighted by atomic mass is 9.89. The second-order valence-corrected chi connectivity index (χ2v) is 14.9. The van der Waals surface area contributed by atoms with Crippen molar-refractivity contribution in [3.05, 3.63) is 69.7 Å². The van der Waals surface area contributed by atoms with Crippen molar-refractivity contribution < 1.29 is 22.7 Å². The van der Waals surface area contributed by atoms with Gasteiger partial charge in [-0.3, -0.25) is 9.59 Å². The molecule has 2 fully saturated rings. The molecule has 2 amide bonds. The Labute approximate surface area is 245 Å². The van der Waals surface area contributed by atoms with Crippen molar-refractivity contribution in [2.75, 3.05) is 12.3 Å². The summed E-state index contributed by atoms with van der Waals surface area (Å²) >= 11 is 12.6. The zero-order valence-electron chi connectivity index (χ0n) is 22.6. The van der Waals surface area contributed by atoms with Crippen molar-refractivity contribution in [3.63, 3.8) is 0 Å². The minimum atomic E-state index is -3.62. The van der Waals surface area contributed by atoms with E-state index in [-0.39, 0.29) is 24.6 Å². The zero-order valence-corrected chi connectivity index (χ0v) is 25.0. The van der Waals surface area contributed by atoms with Crippen molar-refractivity contribution in [2.24, 2.45) is 5.92 Å². The molecule has 1 N–H and O–H groups in total. The van der Waals surface area contributed by atoms with Crippen molar-refractivity contribution in [2.45, 2.75) is 69.1 Å². The van der Waals surface area contributed by atoms with E-state index in [0.717, 1.165) is 12.8 Å². The molecule has 2 aromatic rings. The molecule has 0 unspecified atom stereocenters. The van der Waals surface area contributed by atoms with Crippen LogP contribution in [0.2, 0.25) is 10.0 Å². The van der Waals surface area contributed by atoms with Crippen LogP contribution in [-0.4, -0.2) is 54.3 Å². The van der Waals surface area contributed by atoms with Gasteiger partial charge in [0.2, 0.25) is 5.91 Å². The van der Waals surface area contributed by atoms with Gasteiger partial charge >= 0.3 is 0 Å². The van der Waals surface area contributed by atoms with Crippen LogP contribution >= 0.6 is 23.2 Å². The number of benzene rings is 2. The Morgan fingerprint density at radius 3 is 2.38 bits per heavy atom. The third kappa shape index (κ3) is 6.80. The van der Waals surface area contributed by atoms with Crippen LogP contribution in [0.4, 0.5) is 0 Å². The first-order valence-corrected chi connectivity index (χ1v) is 15.6. The number of sulfone groups is 1. The SMILES string of the molecule is CC(C)(C)S(=O)(=O)C[C@H](C1CC1)N1C(=O)[C@H](CC(=O)NCC#N)O[C@H](c2cccc(Cl)c2)[C@H]1c1ccc(Cl)cc1. The molecule has 0 spiro atoms. The number of rotatable bonds is 9. The monoisotopic (exact) mass is 605 g/mol. The quantitative estimate of drug-likeness (QED) is 0.401. The number of halogens is 2.